The number of benzene rings is 1. The summed E-state index contributed by atoms with van der Waals surface area (Å²) in [6.07, 6.45) is 0. The highest BCUT2D eigenvalue weighted by Crippen LogP contribution is 2.32. The van der Waals surface area contributed by atoms with Crippen molar-refractivity contribution in [3.05, 3.63) is 37.9 Å². The van der Waals surface area contributed by atoms with E-state index in [4.69, 9.17) is 0 Å². The largest absolute Gasteiger partial charge is 0.462 e. The fourth-order valence-electron chi connectivity index (χ4n) is 1.14. The molecule has 1 aromatic carbocycles. The van der Waals surface area contributed by atoms with E-state index in [9.17, 15) is 23.7 Å². The Bertz CT molecular complexity index is 492. The maximum atomic E-state index is 13.6. The Morgan fingerprint density at radius 3 is 2.65 bits per heavy atom. The van der Waals surface area contributed by atoms with Crippen LogP contribution in [-0.4, -0.2) is 17.5 Å². The number of carbonyl (C=O) groups excluding carboxylic acids is 1. The summed E-state index contributed by atoms with van der Waals surface area (Å²) in [7, 11) is 0. The van der Waals surface area contributed by atoms with Crippen molar-refractivity contribution >= 4 is 27.6 Å². The van der Waals surface area contributed by atoms with E-state index in [-0.39, 0.29) is 11.1 Å². The highest BCUT2D eigenvalue weighted by Gasteiger charge is 2.30. The number of carbonyl (C=O) groups is 1. The van der Waals surface area contributed by atoms with Gasteiger partial charge in [0.2, 0.25) is 5.82 Å². The average molecular weight is 310 g/mol. The summed E-state index contributed by atoms with van der Waals surface area (Å²) < 4.78 is 31.0. The first kappa shape index (κ1) is 13.5. The number of rotatable bonds is 3. The average Bonchev–Trinajstić information content (AvgIpc) is 2.15. The Morgan fingerprint density at radius 2 is 2.18 bits per heavy atom. The first-order valence-electron chi connectivity index (χ1n) is 4.39. The summed E-state index contributed by atoms with van der Waals surface area (Å²) in [5.41, 5.74) is -2.07. The van der Waals surface area contributed by atoms with Crippen molar-refractivity contribution < 1.29 is 23.2 Å². The summed E-state index contributed by atoms with van der Waals surface area (Å²) in [5, 5.41) is 10.5. The maximum absolute atomic E-state index is 13.6. The van der Waals surface area contributed by atoms with Gasteiger partial charge in [-0.2, -0.15) is 4.39 Å². The number of nitrogens with zero attached hydrogens (tertiary/aromatic N) is 1. The number of hydrogen-bond acceptors (Lipinski definition) is 4. The second kappa shape index (κ2) is 5.17. The third-order valence-electron chi connectivity index (χ3n) is 1.81. The molecule has 0 bridgehead atoms. The number of ether oxygens (including phenoxy) is 1. The van der Waals surface area contributed by atoms with E-state index in [1.807, 2.05) is 0 Å². The molecule has 8 heteroatoms. The van der Waals surface area contributed by atoms with Gasteiger partial charge in [-0.1, -0.05) is 0 Å². The molecular formula is C9H6BrF2NO4. The molecule has 1 aromatic rings. The summed E-state index contributed by atoms with van der Waals surface area (Å²) >= 11 is 2.65. The molecule has 92 valence electrons. The van der Waals surface area contributed by atoms with Crippen LogP contribution in [0.25, 0.3) is 0 Å². The number of esters is 1. The van der Waals surface area contributed by atoms with Crippen LogP contribution in [0.5, 0.6) is 0 Å². The van der Waals surface area contributed by atoms with Crippen molar-refractivity contribution in [1.82, 2.24) is 0 Å². The Balaban J connectivity index is 3.46. The van der Waals surface area contributed by atoms with Gasteiger partial charge >= 0.3 is 11.7 Å². The van der Waals surface area contributed by atoms with Gasteiger partial charge in [0.15, 0.2) is 0 Å². The number of nitro groups is 1. The molecular weight excluding hydrogens is 304 g/mol. The summed E-state index contributed by atoms with van der Waals surface area (Å²) in [6.45, 7) is 1.35. The molecule has 0 atom stereocenters. The minimum absolute atomic E-state index is 0.0957. The van der Waals surface area contributed by atoms with Gasteiger partial charge in [-0.3, -0.25) is 10.1 Å². The van der Waals surface area contributed by atoms with Crippen LogP contribution in [0.1, 0.15) is 17.3 Å². The Morgan fingerprint density at radius 1 is 1.59 bits per heavy atom. The fourth-order valence-corrected chi connectivity index (χ4v) is 1.66. The molecule has 0 radical (unpaired) electrons. The predicted molar refractivity (Wildman–Crippen MR) is 56.7 cm³/mol. The molecule has 1 rings (SSSR count). The second-order valence-electron chi connectivity index (χ2n) is 2.86. The zero-order chi connectivity index (χ0) is 13.2. The SMILES string of the molecule is CCOC(=O)c1c(F)cc(Br)c([N+](=O)[O-])c1F. The third-order valence-corrected chi connectivity index (χ3v) is 2.41. The van der Waals surface area contributed by atoms with Crippen molar-refractivity contribution in [1.29, 1.82) is 0 Å². The van der Waals surface area contributed by atoms with Crippen LogP contribution < -0.4 is 0 Å². The molecule has 0 aliphatic carbocycles. The maximum Gasteiger partial charge on any atom is 0.344 e. The highest BCUT2D eigenvalue weighted by atomic mass is 79.9. The van der Waals surface area contributed by atoms with Gasteiger partial charge in [-0.05, 0) is 28.9 Å². The molecule has 5 nitrogen and oxygen atoms in total. The molecule has 0 aliphatic rings. The third kappa shape index (κ3) is 2.57. The van der Waals surface area contributed by atoms with E-state index in [1.54, 1.807) is 0 Å². The van der Waals surface area contributed by atoms with Gasteiger partial charge in [-0.15, -0.1) is 0 Å². The van der Waals surface area contributed by atoms with Gasteiger partial charge in [0.05, 0.1) is 11.5 Å². The summed E-state index contributed by atoms with van der Waals surface area (Å²) in [4.78, 5) is 20.7. The van der Waals surface area contributed by atoms with E-state index >= 15 is 0 Å². The Labute approximate surface area is 103 Å². The van der Waals surface area contributed by atoms with E-state index in [0.29, 0.717) is 6.07 Å². The lowest BCUT2D eigenvalue weighted by molar-refractivity contribution is -0.388. The minimum Gasteiger partial charge on any atom is -0.462 e. The van der Waals surface area contributed by atoms with Gasteiger partial charge in [0, 0.05) is 0 Å². The lowest BCUT2D eigenvalue weighted by Crippen LogP contribution is -2.12. The minimum atomic E-state index is -1.56. The molecule has 0 unspecified atom stereocenters. The van der Waals surface area contributed by atoms with E-state index in [2.05, 4.69) is 20.7 Å². The zero-order valence-electron chi connectivity index (χ0n) is 8.50. The van der Waals surface area contributed by atoms with Gasteiger partial charge in [-0.25, -0.2) is 9.18 Å². The van der Waals surface area contributed by atoms with Gasteiger partial charge in [0.25, 0.3) is 0 Å². The van der Waals surface area contributed by atoms with Crippen molar-refractivity contribution in [2.45, 2.75) is 6.92 Å². The molecule has 0 saturated carbocycles. The molecule has 0 spiro atoms. The normalized spacial score (nSPS) is 10.1. The van der Waals surface area contributed by atoms with Gasteiger partial charge in [0.1, 0.15) is 15.9 Å². The van der Waals surface area contributed by atoms with Gasteiger partial charge < -0.3 is 4.74 Å². The van der Waals surface area contributed by atoms with Crippen molar-refractivity contribution in [3.8, 4) is 0 Å². The summed E-state index contributed by atoms with van der Waals surface area (Å²) in [6, 6.07) is 0.646. The Kier molecular flexibility index (Phi) is 4.11. The number of hydrogen-bond donors (Lipinski definition) is 0. The molecule has 0 aliphatic heterocycles. The lowest BCUT2D eigenvalue weighted by atomic mass is 10.1. The highest BCUT2D eigenvalue weighted by molar-refractivity contribution is 9.10. The molecule has 17 heavy (non-hydrogen) atoms. The van der Waals surface area contributed by atoms with Crippen molar-refractivity contribution in [3.63, 3.8) is 0 Å². The van der Waals surface area contributed by atoms with Crippen LogP contribution in [0, 0.1) is 21.7 Å². The number of nitro benzene ring substituents is 1. The van der Waals surface area contributed by atoms with E-state index < -0.39 is 33.8 Å². The van der Waals surface area contributed by atoms with Crippen LogP contribution in [0.4, 0.5) is 14.5 Å². The molecule has 0 heterocycles. The number of halogens is 3. The topological polar surface area (TPSA) is 69.4 Å². The monoisotopic (exact) mass is 309 g/mol. The quantitative estimate of drug-likeness (QED) is 0.489. The standard InChI is InChI=1S/C9H6BrF2NO4/c1-2-17-9(14)6-5(11)3-4(10)8(7(6)12)13(15)16/h3H,2H2,1H3. The zero-order valence-corrected chi connectivity index (χ0v) is 10.1. The van der Waals surface area contributed by atoms with Crippen LogP contribution in [-0.2, 0) is 4.74 Å². The fraction of sp³-hybridized carbons (Fsp3) is 0.222. The first-order chi connectivity index (χ1) is 7.90. The smallest absolute Gasteiger partial charge is 0.344 e. The van der Waals surface area contributed by atoms with E-state index in [0.717, 1.165) is 0 Å². The molecule has 0 amide bonds. The van der Waals surface area contributed by atoms with Crippen molar-refractivity contribution in [2.75, 3.05) is 6.61 Å². The molecule has 0 saturated heterocycles. The van der Waals surface area contributed by atoms with Crippen LogP contribution in [0.3, 0.4) is 0 Å². The summed E-state index contributed by atoms with van der Waals surface area (Å²) in [5.74, 6) is -4.06. The molecule has 0 aromatic heterocycles. The van der Waals surface area contributed by atoms with Crippen molar-refractivity contribution in [2.24, 2.45) is 0 Å². The molecule has 0 N–H and O–H groups in total. The second-order valence-corrected chi connectivity index (χ2v) is 3.71. The van der Waals surface area contributed by atoms with Crippen LogP contribution in [0.2, 0.25) is 0 Å². The molecule has 0 fully saturated rings. The van der Waals surface area contributed by atoms with Crippen LogP contribution >= 0.6 is 15.9 Å². The van der Waals surface area contributed by atoms with E-state index in [1.165, 1.54) is 6.92 Å². The Hall–Kier alpha value is -1.57. The predicted octanol–water partition coefficient (Wildman–Crippen LogP) is 2.81. The van der Waals surface area contributed by atoms with Crippen LogP contribution in [0.15, 0.2) is 10.5 Å². The first-order valence-corrected chi connectivity index (χ1v) is 5.18. The lowest BCUT2D eigenvalue weighted by Gasteiger charge is -2.06.